The van der Waals surface area contributed by atoms with E-state index in [4.69, 9.17) is 0 Å². The van der Waals surface area contributed by atoms with Crippen molar-refractivity contribution in [2.24, 2.45) is 0 Å². The molecule has 0 aliphatic carbocycles. The van der Waals surface area contributed by atoms with E-state index in [2.05, 4.69) is 57.3 Å². The van der Waals surface area contributed by atoms with E-state index in [0.29, 0.717) is 0 Å². The molecule has 0 spiro atoms. The molecular weight excluding hydrogens is 304 g/mol. The minimum absolute atomic E-state index is 0.0264. The molecule has 5 heteroatoms. The van der Waals surface area contributed by atoms with Crippen LogP contribution in [0.1, 0.15) is 20.8 Å². The molecule has 0 atom stereocenters. The lowest BCUT2D eigenvalue weighted by atomic mass is 10.1. The second-order valence-corrected chi connectivity index (χ2v) is 6.21. The van der Waals surface area contributed by atoms with Gasteiger partial charge in [-0.3, -0.25) is 0 Å². The molecule has 0 aliphatic rings. The van der Waals surface area contributed by atoms with Gasteiger partial charge in [0.25, 0.3) is 0 Å². The van der Waals surface area contributed by atoms with E-state index in [1.807, 2.05) is 30.3 Å². The molecule has 0 amide bonds. The normalized spacial score (nSPS) is 11.2. The van der Waals surface area contributed by atoms with Crippen molar-refractivity contribution in [3.63, 3.8) is 0 Å². The number of nitrogens with zero attached hydrogens (tertiary/aromatic N) is 2. The van der Waals surface area contributed by atoms with Crippen LogP contribution in [-0.2, 0) is 0 Å². The second kappa shape index (κ2) is 5.57. The van der Waals surface area contributed by atoms with Gasteiger partial charge in [0.2, 0.25) is 0 Å². The number of anilines is 3. The second-order valence-electron chi connectivity index (χ2n) is 5.30. The van der Waals surface area contributed by atoms with Crippen molar-refractivity contribution in [2.45, 2.75) is 26.3 Å². The Morgan fingerprint density at radius 3 is 2.47 bits per heavy atom. The molecule has 0 bridgehead atoms. The van der Waals surface area contributed by atoms with Crippen LogP contribution in [0.2, 0.25) is 0 Å². The zero-order valence-electron chi connectivity index (χ0n) is 11.2. The third-order valence-electron chi connectivity index (χ3n) is 2.27. The first-order chi connectivity index (χ1) is 8.92. The molecule has 1 heterocycles. The standard InChI is InChI=1S/C14H17BrN4/c1-14(2,3)19-13-8-12(16-9-17-13)18-11-6-4-5-10(15)7-11/h4-9H,1-3H3,(H2,16,17,18,19). The molecular formula is C14H17BrN4. The number of hydrogen-bond donors (Lipinski definition) is 2. The third-order valence-corrected chi connectivity index (χ3v) is 2.76. The quantitative estimate of drug-likeness (QED) is 0.890. The van der Waals surface area contributed by atoms with Crippen LogP contribution in [-0.4, -0.2) is 15.5 Å². The zero-order valence-corrected chi connectivity index (χ0v) is 12.8. The Hall–Kier alpha value is -1.62. The van der Waals surface area contributed by atoms with Gasteiger partial charge in [-0.25, -0.2) is 9.97 Å². The van der Waals surface area contributed by atoms with Gasteiger partial charge in [0.15, 0.2) is 0 Å². The van der Waals surface area contributed by atoms with Gasteiger partial charge in [-0.05, 0) is 39.0 Å². The third kappa shape index (κ3) is 4.52. The molecule has 1 aromatic heterocycles. The molecule has 2 rings (SSSR count). The van der Waals surface area contributed by atoms with Gasteiger partial charge < -0.3 is 10.6 Å². The summed E-state index contributed by atoms with van der Waals surface area (Å²) in [5, 5.41) is 6.57. The summed E-state index contributed by atoms with van der Waals surface area (Å²) in [4.78, 5) is 8.43. The fourth-order valence-corrected chi connectivity index (χ4v) is 1.99. The van der Waals surface area contributed by atoms with E-state index in [0.717, 1.165) is 21.8 Å². The summed E-state index contributed by atoms with van der Waals surface area (Å²) in [6.45, 7) is 6.28. The van der Waals surface area contributed by atoms with Gasteiger partial charge in [0.05, 0.1) is 0 Å². The van der Waals surface area contributed by atoms with E-state index < -0.39 is 0 Å². The average Bonchev–Trinajstić information content (AvgIpc) is 2.27. The van der Waals surface area contributed by atoms with Gasteiger partial charge in [0.1, 0.15) is 18.0 Å². The van der Waals surface area contributed by atoms with Gasteiger partial charge in [-0.1, -0.05) is 22.0 Å². The number of hydrogen-bond acceptors (Lipinski definition) is 4. The Labute approximate surface area is 121 Å². The monoisotopic (exact) mass is 320 g/mol. The maximum Gasteiger partial charge on any atom is 0.135 e. The molecule has 2 aromatic rings. The summed E-state index contributed by atoms with van der Waals surface area (Å²) in [5.74, 6) is 1.57. The van der Waals surface area contributed by atoms with E-state index >= 15 is 0 Å². The Balaban J connectivity index is 2.15. The maximum atomic E-state index is 4.22. The molecule has 0 fully saturated rings. The van der Waals surface area contributed by atoms with Gasteiger partial charge in [-0.2, -0.15) is 0 Å². The molecule has 100 valence electrons. The molecule has 2 N–H and O–H groups in total. The molecule has 0 saturated heterocycles. The highest BCUT2D eigenvalue weighted by atomic mass is 79.9. The lowest BCUT2D eigenvalue weighted by Crippen LogP contribution is -2.26. The first-order valence-electron chi connectivity index (χ1n) is 6.05. The molecule has 0 unspecified atom stereocenters. The van der Waals surface area contributed by atoms with Crippen LogP contribution >= 0.6 is 15.9 Å². The largest absolute Gasteiger partial charge is 0.365 e. The van der Waals surface area contributed by atoms with Crippen LogP contribution in [0.4, 0.5) is 17.3 Å². The van der Waals surface area contributed by atoms with Crippen LogP contribution in [0.15, 0.2) is 41.1 Å². The minimum atomic E-state index is -0.0264. The Kier molecular flexibility index (Phi) is 4.04. The Morgan fingerprint density at radius 2 is 1.79 bits per heavy atom. The van der Waals surface area contributed by atoms with Crippen LogP contribution in [0.3, 0.4) is 0 Å². The van der Waals surface area contributed by atoms with Gasteiger partial charge >= 0.3 is 0 Å². The summed E-state index contributed by atoms with van der Waals surface area (Å²) in [7, 11) is 0. The van der Waals surface area contributed by atoms with Crippen LogP contribution < -0.4 is 10.6 Å². The lowest BCUT2D eigenvalue weighted by Gasteiger charge is -2.21. The number of aromatic nitrogens is 2. The summed E-state index contributed by atoms with van der Waals surface area (Å²) >= 11 is 3.44. The predicted octanol–water partition coefficient (Wildman–Crippen LogP) is 4.19. The van der Waals surface area contributed by atoms with Crippen molar-refractivity contribution in [2.75, 3.05) is 10.6 Å². The highest BCUT2D eigenvalue weighted by Crippen LogP contribution is 2.21. The highest BCUT2D eigenvalue weighted by Gasteiger charge is 2.10. The van der Waals surface area contributed by atoms with Crippen molar-refractivity contribution in [3.05, 3.63) is 41.1 Å². The van der Waals surface area contributed by atoms with E-state index in [1.54, 1.807) is 6.33 Å². The first-order valence-corrected chi connectivity index (χ1v) is 6.84. The SMILES string of the molecule is CC(C)(C)Nc1cc(Nc2cccc(Br)c2)ncn1. The molecule has 1 aromatic carbocycles. The molecule has 0 radical (unpaired) electrons. The van der Waals surface area contributed by atoms with Crippen LogP contribution in [0, 0.1) is 0 Å². The Bertz CT molecular complexity index is 563. The summed E-state index contributed by atoms with van der Waals surface area (Å²) in [6.07, 6.45) is 1.55. The van der Waals surface area contributed by atoms with Gasteiger partial charge in [0, 0.05) is 21.8 Å². The van der Waals surface area contributed by atoms with E-state index in [9.17, 15) is 0 Å². The number of nitrogens with one attached hydrogen (secondary N) is 2. The smallest absolute Gasteiger partial charge is 0.135 e. The summed E-state index contributed by atoms with van der Waals surface area (Å²) < 4.78 is 1.03. The Morgan fingerprint density at radius 1 is 1.05 bits per heavy atom. The molecule has 0 saturated carbocycles. The minimum Gasteiger partial charge on any atom is -0.365 e. The van der Waals surface area contributed by atoms with Crippen molar-refractivity contribution >= 4 is 33.3 Å². The fourth-order valence-electron chi connectivity index (χ4n) is 1.59. The molecule has 19 heavy (non-hydrogen) atoms. The topological polar surface area (TPSA) is 49.8 Å². The van der Waals surface area contributed by atoms with Crippen molar-refractivity contribution in [1.82, 2.24) is 9.97 Å². The first kappa shape index (κ1) is 13.8. The predicted molar refractivity (Wildman–Crippen MR) is 82.8 cm³/mol. The number of rotatable bonds is 3. The average molecular weight is 321 g/mol. The van der Waals surface area contributed by atoms with Crippen molar-refractivity contribution in [1.29, 1.82) is 0 Å². The van der Waals surface area contributed by atoms with E-state index in [1.165, 1.54) is 0 Å². The number of halogens is 1. The maximum absolute atomic E-state index is 4.22. The summed E-state index contributed by atoms with van der Waals surface area (Å²) in [5.41, 5.74) is 0.955. The molecule has 0 aliphatic heterocycles. The fraction of sp³-hybridized carbons (Fsp3) is 0.286. The van der Waals surface area contributed by atoms with Crippen LogP contribution in [0.5, 0.6) is 0 Å². The van der Waals surface area contributed by atoms with Crippen molar-refractivity contribution in [3.8, 4) is 0 Å². The molecule has 4 nitrogen and oxygen atoms in total. The highest BCUT2D eigenvalue weighted by molar-refractivity contribution is 9.10. The lowest BCUT2D eigenvalue weighted by molar-refractivity contribution is 0.630. The van der Waals surface area contributed by atoms with Crippen molar-refractivity contribution < 1.29 is 0 Å². The van der Waals surface area contributed by atoms with Gasteiger partial charge in [-0.15, -0.1) is 0 Å². The number of benzene rings is 1. The summed E-state index contributed by atoms with van der Waals surface area (Å²) in [6, 6.07) is 9.84. The van der Waals surface area contributed by atoms with Crippen LogP contribution in [0.25, 0.3) is 0 Å². The van der Waals surface area contributed by atoms with E-state index in [-0.39, 0.29) is 5.54 Å². The zero-order chi connectivity index (χ0) is 13.9.